The second-order valence-electron chi connectivity index (χ2n) is 3.66. The highest BCUT2D eigenvalue weighted by Gasteiger charge is 2.03. The first-order valence-electron chi connectivity index (χ1n) is 5.01. The van der Waals surface area contributed by atoms with Crippen molar-refractivity contribution in [3.8, 4) is 0 Å². The Balaban J connectivity index is 2.31. The molecule has 0 radical (unpaired) electrons. The number of hydrogen-bond donors (Lipinski definition) is 2. The molecule has 3 N–H and O–H groups in total. The molecule has 2 rings (SSSR count). The summed E-state index contributed by atoms with van der Waals surface area (Å²) < 4.78 is 1.19. The van der Waals surface area contributed by atoms with Gasteiger partial charge < -0.3 is 11.1 Å². The number of halogens is 2. The van der Waals surface area contributed by atoms with Crippen molar-refractivity contribution in [2.24, 2.45) is 0 Å². The minimum atomic E-state index is 0.420. The molecule has 0 amide bonds. The van der Waals surface area contributed by atoms with Crippen molar-refractivity contribution >= 4 is 51.4 Å². The molecule has 88 valence electrons. The molecule has 1 aromatic heterocycles. The van der Waals surface area contributed by atoms with E-state index in [2.05, 4.69) is 39.8 Å². The van der Waals surface area contributed by atoms with Crippen molar-refractivity contribution in [3.63, 3.8) is 0 Å². The van der Waals surface area contributed by atoms with Crippen LogP contribution in [0.5, 0.6) is 0 Å². The molecule has 17 heavy (non-hydrogen) atoms. The fourth-order valence-corrected chi connectivity index (χ4v) is 2.02. The first kappa shape index (κ1) is 12.4. The zero-order valence-electron chi connectivity index (χ0n) is 9.17. The van der Waals surface area contributed by atoms with E-state index in [9.17, 15) is 0 Å². The van der Waals surface area contributed by atoms with Gasteiger partial charge in [0.05, 0.1) is 5.69 Å². The maximum Gasteiger partial charge on any atom is 0.155 e. The molecule has 2 aromatic rings. The molecular formula is C12H11ClIN3. The number of nitrogens with two attached hydrogens (primary N) is 1. The minimum Gasteiger partial charge on any atom is -0.396 e. The van der Waals surface area contributed by atoms with E-state index >= 15 is 0 Å². The molecule has 0 saturated carbocycles. The zero-order valence-corrected chi connectivity index (χ0v) is 12.1. The lowest BCUT2D eigenvalue weighted by Crippen LogP contribution is -1.99. The molecule has 0 saturated heterocycles. The van der Waals surface area contributed by atoms with Gasteiger partial charge in [-0.1, -0.05) is 17.7 Å². The summed E-state index contributed by atoms with van der Waals surface area (Å²) in [6.45, 7) is 2.07. The Morgan fingerprint density at radius 1 is 1.29 bits per heavy atom. The fraction of sp³-hybridized carbons (Fsp3) is 0.0833. The topological polar surface area (TPSA) is 50.9 Å². The number of benzene rings is 1. The maximum absolute atomic E-state index is 5.83. The Kier molecular flexibility index (Phi) is 3.73. The van der Waals surface area contributed by atoms with E-state index in [0.717, 1.165) is 5.69 Å². The second kappa shape index (κ2) is 5.10. The Morgan fingerprint density at radius 3 is 2.76 bits per heavy atom. The van der Waals surface area contributed by atoms with Gasteiger partial charge in [-0.3, -0.25) is 0 Å². The van der Waals surface area contributed by atoms with Gasteiger partial charge in [0.2, 0.25) is 0 Å². The Hall–Kier alpha value is -1.01. The standard InChI is InChI=1S/C12H11ClIN3/c1-7-2-3-8(6-9(7)14)16-12-10(15)4-5-11(13)17-12/h2-6H,15H2,1H3,(H,16,17). The Bertz CT molecular complexity index is 557. The molecule has 0 fully saturated rings. The summed E-state index contributed by atoms with van der Waals surface area (Å²) in [4.78, 5) is 4.15. The molecule has 5 heteroatoms. The van der Waals surface area contributed by atoms with E-state index in [1.165, 1.54) is 9.13 Å². The molecule has 0 aliphatic heterocycles. The summed E-state index contributed by atoms with van der Waals surface area (Å²) in [7, 11) is 0. The molecule has 0 aliphatic rings. The lowest BCUT2D eigenvalue weighted by molar-refractivity contribution is 1.30. The highest BCUT2D eigenvalue weighted by atomic mass is 127. The molecule has 3 nitrogen and oxygen atoms in total. The average molecular weight is 360 g/mol. The van der Waals surface area contributed by atoms with Crippen LogP contribution >= 0.6 is 34.2 Å². The number of nitrogens with one attached hydrogen (secondary N) is 1. The van der Waals surface area contributed by atoms with Crippen LogP contribution in [0.15, 0.2) is 30.3 Å². The Morgan fingerprint density at radius 2 is 2.06 bits per heavy atom. The maximum atomic E-state index is 5.83. The number of aromatic nitrogens is 1. The van der Waals surface area contributed by atoms with Gasteiger partial charge in [-0.25, -0.2) is 4.98 Å². The van der Waals surface area contributed by atoms with E-state index in [-0.39, 0.29) is 0 Å². The quantitative estimate of drug-likeness (QED) is 0.630. The molecule has 0 unspecified atom stereocenters. The molecule has 1 heterocycles. The van der Waals surface area contributed by atoms with Gasteiger partial charge in [0.15, 0.2) is 5.82 Å². The van der Waals surface area contributed by atoms with Crippen molar-refractivity contribution in [1.29, 1.82) is 0 Å². The van der Waals surface area contributed by atoms with Crippen molar-refractivity contribution in [1.82, 2.24) is 4.98 Å². The average Bonchev–Trinajstić information content (AvgIpc) is 2.29. The van der Waals surface area contributed by atoms with Crippen molar-refractivity contribution in [2.45, 2.75) is 6.92 Å². The minimum absolute atomic E-state index is 0.420. The zero-order chi connectivity index (χ0) is 12.4. The van der Waals surface area contributed by atoms with Gasteiger partial charge in [0.25, 0.3) is 0 Å². The fourth-order valence-electron chi connectivity index (χ4n) is 1.35. The number of pyridine rings is 1. The van der Waals surface area contributed by atoms with Gasteiger partial charge in [-0.05, 0) is 59.3 Å². The third-order valence-electron chi connectivity index (χ3n) is 2.33. The van der Waals surface area contributed by atoms with Gasteiger partial charge in [-0.15, -0.1) is 0 Å². The molecule has 0 spiro atoms. The van der Waals surface area contributed by atoms with E-state index < -0.39 is 0 Å². The third kappa shape index (κ3) is 3.01. The molecular weight excluding hydrogens is 349 g/mol. The summed E-state index contributed by atoms with van der Waals surface area (Å²) in [5, 5.41) is 3.58. The van der Waals surface area contributed by atoms with Crippen molar-refractivity contribution < 1.29 is 0 Å². The number of aryl methyl sites for hydroxylation is 1. The van der Waals surface area contributed by atoms with Crippen LogP contribution in [0.1, 0.15) is 5.56 Å². The summed E-state index contributed by atoms with van der Waals surface area (Å²) in [6.07, 6.45) is 0. The van der Waals surface area contributed by atoms with E-state index in [1.807, 2.05) is 18.2 Å². The molecule has 0 aliphatic carbocycles. The third-order valence-corrected chi connectivity index (χ3v) is 3.70. The van der Waals surface area contributed by atoms with Crippen LogP contribution in [0.4, 0.5) is 17.2 Å². The highest BCUT2D eigenvalue weighted by Crippen LogP contribution is 2.24. The first-order valence-corrected chi connectivity index (χ1v) is 6.47. The summed E-state index contributed by atoms with van der Waals surface area (Å²) in [6, 6.07) is 9.47. The largest absolute Gasteiger partial charge is 0.396 e. The lowest BCUT2D eigenvalue weighted by Gasteiger charge is -2.09. The number of hydrogen-bond acceptors (Lipinski definition) is 3. The monoisotopic (exact) mass is 359 g/mol. The van der Waals surface area contributed by atoms with E-state index in [0.29, 0.717) is 16.7 Å². The SMILES string of the molecule is Cc1ccc(Nc2nc(Cl)ccc2N)cc1I. The number of anilines is 3. The number of nitrogen functional groups attached to an aromatic ring is 1. The predicted octanol–water partition coefficient (Wildman–Crippen LogP) is 3.97. The van der Waals surface area contributed by atoms with E-state index in [4.69, 9.17) is 17.3 Å². The van der Waals surface area contributed by atoms with Crippen LogP contribution in [0.25, 0.3) is 0 Å². The molecule has 0 bridgehead atoms. The van der Waals surface area contributed by atoms with Crippen molar-refractivity contribution in [2.75, 3.05) is 11.1 Å². The number of nitrogens with zero attached hydrogens (tertiary/aromatic N) is 1. The second-order valence-corrected chi connectivity index (χ2v) is 5.21. The van der Waals surface area contributed by atoms with Crippen LogP contribution in [-0.4, -0.2) is 4.98 Å². The summed E-state index contributed by atoms with van der Waals surface area (Å²) in [5.74, 6) is 0.581. The number of rotatable bonds is 2. The molecule has 0 atom stereocenters. The van der Waals surface area contributed by atoms with Crippen LogP contribution in [0, 0.1) is 10.5 Å². The normalized spacial score (nSPS) is 10.3. The van der Waals surface area contributed by atoms with Gasteiger partial charge >= 0.3 is 0 Å². The summed E-state index contributed by atoms with van der Waals surface area (Å²) in [5.41, 5.74) is 8.58. The smallest absolute Gasteiger partial charge is 0.155 e. The Labute approximate surface area is 119 Å². The van der Waals surface area contributed by atoms with Crippen LogP contribution in [0.3, 0.4) is 0 Å². The van der Waals surface area contributed by atoms with Gasteiger partial charge in [-0.2, -0.15) is 0 Å². The van der Waals surface area contributed by atoms with Gasteiger partial charge in [0, 0.05) is 9.26 Å². The molecule has 1 aromatic carbocycles. The van der Waals surface area contributed by atoms with E-state index in [1.54, 1.807) is 12.1 Å². The van der Waals surface area contributed by atoms with Crippen LogP contribution < -0.4 is 11.1 Å². The predicted molar refractivity (Wildman–Crippen MR) is 80.8 cm³/mol. The summed E-state index contributed by atoms with van der Waals surface area (Å²) >= 11 is 8.12. The first-order chi connectivity index (χ1) is 8.06. The van der Waals surface area contributed by atoms with Crippen LogP contribution in [0.2, 0.25) is 5.15 Å². The van der Waals surface area contributed by atoms with Crippen molar-refractivity contribution in [3.05, 3.63) is 44.6 Å². The highest BCUT2D eigenvalue weighted by molar-refractivity contribution is 14.1. The van der Waals surface area contributed by atoms with Gasteiger partial charge in [0.1, 0.15) is 5.15 Å². The van der Waals surface area contributed by atoms with Crippen LogP contribution in [-0.2, 0) is 0 Å². The lowest BCUT2D eigenvalue weighted by atomic mass is 10.2.